The van der Waals surface area contributed by atoms with Crippen LogP contribution in [0.15, 0.2) is 41.4 Å². The van der Waals surface area contributed by atoms with E-state index in [-0.39, 0.29) is 10.6 Å². The van der Waals surface area contributed by atoms with E-state index in [1.165, 1.54) is 13.3 Å². The van der Waals surface area contributed by atoms with E-state index in [4.69, 9.17) is 10.5 Å². The number of pyridine rings is 1. The molecule has 7 heteroatoms. The minimum absolute atomic E-state index is 0.0795. The number of nitrogens with one attached hydrogen (secondary N) is 1. The van der Waals surface area contributed by atoms with Gasteiger partial charge in [-0.1, -0.05) is 12.1 Å². The first kappa shape index (κ1) is 14.1. The van der Waals surface area contributed by atoms with Crippen molar-refractivity contribution >= 4 is 21.4 Å². The number of aryl methyl sites for hydroxylation is 1. The van der Waals surface area contributed by atoms with E-state index in [2.05, 4.69) is 9.71 Å². The van der Waals surface area contributed by atoms with E-state index in [0.717, 1.165) is 0 Å². The lowest BCUT2D eigenvalue weighted by Gasteiger charge is -2.12. The average molecular weight is 293 g/mol. The number of aromatic nitrogens is 1. The maximum Gasteiger partial charge on any atom is 0.264 e. The van der Waals surface area contributed by atoms with Gasteiger partial charge in [0.1, 0.15) is 4.90 Å². The molecule has 0 aliphatic rings. The zero-order valence-electron chi connectivity index (χ0n) is 11.1. The Hall–Kier alpha value is -2.28. The van der Waals surface area contributed by atoms with Gasteiger partial charge in [-0.25, -0.2) is 13.4 Å². The third kappa shape index (κ3) is 2.83. The number of anilines is 2. The fraction of sp³-hybridized carbons (Fsp3) is 0.154. The molecule has 0 radical (unpaired) electrons. The minimum Gasteiger partial charge on any atom is -0.481 e. The van der Waals surface area contributed by atoms with Crippen LogP contribution in [0.25, 0.3) is 0 Å². The zero-order valence-corrected chi connectivity index (χ0v) is 11.9. The molecule has 2 rings (SSSR count). The van der Waals surface area contributed by atoms with Gasteiger partial charge < -0.3 is 10.5 Å². The predicted molar refractivity (Wildman–Crippen MR) is 77.2 cm³/mol. The summed E-state index contributed by atoms with van der Waals surface area (Å²) in [7, 11) is -2.26. The van der Waals surface area contributed by atoms with Crippen molar-refractivity contribution in [1.29, 1.82) is 0 Å². The summed E-state index contributed by atoms with van der Waals surface area (Å²) in [5, 5.41) is 0. The fourth-order valence-electron chi connectivity index (χ4n) is 1.81. The lowest BCUT2D eigenvalue weighted by molar-refractivity contribution is 0.398. The van der Waals surface area contributed by atoms with Crippen LogP contribution >= 0.6 is 0 Å². The maximum absolute atomic E-state index is 12.3. The van der Waals surface area contributed by atoms with Crippen LogP contribution in [0.3, 0.4) is 0 Å². The summed E-state index contributed by atoms with van der Waals surface area (Å²) >= 11 is 0. The number of hydrogen-bond acceptors (Lipinski definition) is 5. The van der Waals surface area contributed by atoms with Crippen molar-refractivity contribution in [3.63, 3.8) is 0 Å². The van der Waals surface area contributed by atoms with Crippen LogP contribution in [0.4, 0.5) is 11.4 Å². The molecule has 0 amide bonds. The highest BCUT2D eigenvalue weighted by Gasteiger charge is 2.20. The number of methoxy groups -OCH3 is 1. The summed E-state index contributed by atoms with van der Waals surface area (Å²) in [6.45, 7) is 1.69. The molecule has 20 heavy (non-hydrogen) atoms. The second-order valence-electron chi connectivity index (χ2n) is 4.19. The molecule has 0 atom stereocenters. The van der Waals surface area contributed by atoms with Crippen LogP contribution in [-0.4, -0.2) is 20.5 Å². The normalized spacial score (nSPS) is 11.1. The molecular formula is C13H15N3O3S. The summed E-state index contributed by atoms with van der Waals surface area (Å²) in [5.41, 5.74) is 6.88. The van der Waals surface area contributed by atoms with Gasteiger partial charge in [-0.2, -0.15) is 0 Å². The Morgan fingerprint density at radius 2 is 2.00 bits per heavy atom. The summed E-state index contributed by atoms with van der Waals surface area (Å²) in [5.74, 6) is 0.406. The molecule has 0 fully saturated rings. The van der Waals surface area contributed by atoms with Crippen LogP contribution in [-0.2, 0) is 10.0 Å². The number of nitrogens with two attached hydrogens (primary N) is 1. The molecule has 106 valence electrons. The van der Waals surface area contributed by atoms with Crippen LogP contribution in [0.1, 0.15) is 5.56 Å². The SMILES string of the molecule is COc1ccc(NS(=O)(=O)c2c(C)cccc2N)cn1. The number of nitrogens with zero attached hydrogens (tertiary/aromatic N) is 1. The molecule has 1 aromatic heterocycles. The van der Waals surface area contributed by atoms with Gasteiger partial charge in [-0.3, -0.25) is 4.72 Å². The van der Waals surface area contributed by atoms with Crippen LogP contribution in [0.2, 0.25) is 0 Å². The Labute approximate surface area is 117 Å². The highest BCUT2D eigenvalue weighted by Crippen LogP contribution is 2.25. The molecule has 0 spiro atoms. The van der Waals surface area contributed by atoms with Crippen molar-refractivity contribution < 1.29 is 13.2 Å². The van der Waals surface area contributed by atoms with Crippen molar-refractivity contribution in [3.8, 4) is 5.88 Å². The van der Waals surface area contributed by atoms with Gasteiger partial charge in [0.15, 0.2) is 0 Å². The van der Waals surface area contributed by atoms with Crippen molar-refractivity contribution in [2.75, 3.05) is 17.6 Å². The Balaban J connectivity index is 2.35. The highest BCUT2D eigenvalue weighted by molar-refractivity contribution is 7.93. The standard InChI is InChI=1S/C13H15N3O3S/c1-9-4-3-5-11(14)13(9)20(17,18)16-10-6-7-12(19-2)15-8-10/h3-8,16H,14H2,1-2H3. The highest BCUT2D eigenvalue weighted by atomic mass is 32.2. The molecule has 1 aromatic carbocycles. The lowest BCUT2D eigenvalue weighted by atomic mass is 10.2. The maximum atomic E-state index is 12.3. The molecule has 0 unspecified atom stereocenters. The van der Waals surface area contributed by atoms with Crippen molar-refractivity contribution in [2.45, 2.75) is 11.8 Å². The monoisotopic (exact) mass is 293 g/mol. The van der Waals surface area contributed by atoms with Gasteiger partial charge in [-0.05, 0) is 24.6 Å². The number of ether oxygens (including phenoxy) is 1. The number of hydrogen-bond donors (Lipinski definition) is 2. The van der Waals surface area contributed by atoms with Crippen molar-refractivity contribution in [3.05, 3.63) is 42.1 Å². The van der Waals surface area contributed by atoms with E-state index in [0.29, 0.717) is 17.1 Å². The first-order chi connectivity index (χ1) is 9.44. The summed E-state index contributed by atoms with van der Waals surface area (Å²) in [4.78, 5) is 4.02. The molecule has 6 nitrogen and oxygen atoms in total. The predicted octanol–water partition coefficient (Wildman–Crippen LogP) is 1.78. The smallest absolute Gasteiger partial charge is 0.264 e. The van der Waals surface area contributed by atoms with Gasteiger partial charge in [0, 0.05) is 6.07 Å². The third-order valence-electron chi connectivity index (χ3n) is 2.71. The average Bonchev–Trinajstić information content (AvgIpc) is 2.38. The number of rotatable bonds is 4. The van der Waals surface area contributed by atoms with Gasteiger partial charge in [0.2, 0.25) is 5.88 Å². The topological polar surface area (TPSA) is 94.3 Å². The lowest BCUT2D eigenvalue weighted by Crippen LogP contribution is -2.16. The second-order valence-corrected chi connectivity index (χ2v) is 5.81. The van der Waals surface area contributed by atoms with E-state index in [1.807, 2.05) is 0 Å². The first-order valence-electron chi connectivity index (χ1n) is 5.82. The molecule has 1 heterocycles. The van der Waals surface area contributed by atoms with Crippen molar-refractivity contribution in [2.24, 2.45) is 0 Å². The van der Waals surface area contributed by atoms with Gasteiger partial charge in [-0.15, -0.1) is 0 Å². The number of sulfonamides is 1. The number of nitrogen functional groups attached to an aromatic ring is 1. The quantitative estimate of drug-likeness (QED) is 0.838. The molecule has 0 saturated carbocycles. The fourth-order valence-corrected chi connectivity index (χ4v) is 3.21. The van der Waals surface area contributed by atoms with E-state index in [9.17, 15) is 8.42 Å². The largest absolute Gasteiger partial charge is 0.481 e. The first-order valence-corrected chi connectivity index (χ1v) is 7.30. The Bertz CT molecular complexity index is 692. The molecular weight excluding hydrogens is 278 g/mol. The summed E-state index contributed by atoms with van der Waals surface area (Å²) in [6.07, 6.45) is 1.38. The second kappa shape index (κ2) is 5.38. The van der Waals surface area contributed by atoms with Crippen LogP contribution in [0.5, 0.6) is 5.88 Å². The van der Waals surface area contributed by atoms with Crippen LogP contribution in [0, 0.1) is 6.92 Å². The molecule has 2 aromatic rings. The van der Waals surface area contributed by atoms with E-state index in [1.54, 1.807) is 37.3 Å². The molecule has 0 aliphatic heterocycles. The number of benzene rings is 1. The molecule has 3 N–H and O–H groups in total. The molecule has 0 aliphatic carbocycles. The Morgan fingerprint density at radius 3 is 2.55 bits per heavy atom. The Morgan fingerprint density at radius 1 is 1.25 bits per heavy atom. The zero-order chi connectivity index (χ0) is 14.8. The summed E-state index contributed by atoms with van der Waals surface area (Å²) < 4.78 is 32.1. The van der Waals surface area contributed by atoms with Gasteiger partial charge in [0.05, 0.1) is 24.7 Å². The molecule has 0 saturated heterocycles. The van der Waals surface area contributed by atoms with Gasteiger partial charge in [0.25, 0.3) is 10.0 Å². The summed E-state index contributed by atoms with van der Waals surface area (Å²) in [6, 6.07) is 8.08. The minimum atomic E-state index is -3.75. The molecule has 0 bridgehead atoms. The third-order valence-corrected chi connectivity index (χ3v) is 4.31. The van der Waals surface area contributed by atoms with Gasteiger partial charge >= 0.3 is 0 Å². The Kier molecular flexibility index (Phi) is 3.80. The van der Waals surface area contributed by atoms with E-state index >= 15 is 0 Å². The van der Waals surface area contributed by atoms with Crippen LogP contribution < -0.4 is 15.2 Å². The van der Waals surface area contributed by atoms with E-state index < -0.39 is 10.0 Å². The van der Waals surface area contributed by atoms with Crippen molar-refractivity contribution in [1.82, 2.24) is 4.98 Å².